The summed E-state index contributed by atoms with van der Waals surface area (Å²) in [4.78, 5) is 7.29. The molecule has 1 atom stereocenters. The zero-order chi connectivity index (χ0) is 22.0. The number of halogens is 1. The van der Waals surface area contributed by atoms with E-state index in [0.717, 1.165) is 60.6 Å². The number of aryl methyl sites for hydroxylation is 1. The molecule has 0 amide bonds. The van der Waals surface area contributed by atoms with E-state index in [4.69, 9.17) is 4.42 Å². The summed E-state index contributed by atoms with van der Waals surface area (Å²) in [6.45, 7) is 4.34. The third kappa shape index (κ3) is 5.05. The molecule has 1 aromatic heterocycles. The highest BCUT2D eigenvalue weighted by atomic mass is 32.2. The number of hydrogen-bond acceptors (Lipinski definition) is 5. The van der Waals surface area contributed by atoms with Gasteiger partial charge in [-0.1, -0.05) is 24.3 Å². The summed E-state index contributed by atoms with van der Waals surface area (Å²) in [7, 11) is -3.20. The standard InChI is InChI=1S/C24H27FN2O3S/c1-17-23(12-14-27-13-11-18(15-25)16-27)26-24(30-17)21-5-3-19(4-6-21)20-7-9-22(10-8-20)31(2,28)29/h3-10,18H,11-16H2,1-2H3/t18-/m0/s1. The van der Waals surface area contributed by atoms with Crippen LogP contribution >= 0.6 is 0 Å². The van der Waals surface area contributed by atoms with Gasteiger partial charge < -0.3 is 9.32 Å². The maximum Gasteiger partial charge on any atom is 0.226 e. The Labute approximate surface area is 182 Å². The van der Waals surface area contributed by atoms with E-state index in [2.05, 4.69) is 9.88 Å². The predicted molar refractivity (Wildman–Crippen MR) is 119 cm³/mol. The van der Waals surface area contributed by atoms with Crippen molar-refractivity contribution >= 4 is 9.84 Å². The van der Waals surface area contributed by atoms with Crippen molar-refractivity contribution in [2.24, 2.45) is 5.92 Å². The molecule has 1 fully saturated rings. The molecule has 3 aromatic rings. The van der Waals surface area contributed by atoms with Crippen LogP contribution in [0, 0.1) is 12.8 Å². The summed E-state index contributed by atoms with van der Waals surface area (Å²) in [5.41, 5.74) is 3.77. The van der Waals surface area contributed by atoms with Crippen molar-refractivity contribution < 1.29 is 17.2 Å². The van der Waals surface area contributed by atoms with Crippen LogP contribution in [0.5, 0.6) is 0 Å². The molecular weight excluding hydrogens is 415 g/mol. The normalized spacial score (nSPS) is 17.3. The lowest BCUT2D eigenvalue weighted by Gasteiger charge is -2.14. The van der Waals surface area contributed by atoms with E-state index in [1.54, 1.807) is 12.1 Å². The van der Waals surface area contributed by atoms with Crippen LogP contribution in [0.2, 0.25) is 0 Å². The second kappa shape index (κ2) is 8.93. The van der Waals surface area contributed by atoms with E-state index < -0.39 is 9.84 Å². The van der Waals surface area contributed by atoms with Crippen LogP contribution in [0.4, 0.5) is 4.39 Å². The van der Waals surface area contributed by atoms with Crippen LogP contribution in [0.25, 0.3) is 22.6 Å². The SMILES string of the molecule is Cc1oc(-c2ccc(-c3ccc(S(C)(=O)=O)cc3)cc2)nc1CCN1CC[C@@H](CF)C1. The van der Waals surface area contributed by atoms with Gasteiger partial charge >= 0.3 is 0 Å². The molecule has 0 saturated carbocycles. The molecule has 0 bridgehead atoms. The quantitative estimate of drug-likeness (QED) is 0.537. The first kappa shape index (κ1) is 21.7. The molecule has 5 nitrogen and oxygen atoms in total. The maximum absolute atomic E-state index is 12.8. The number of aromatic nitrogens is 1. The number of rotatable bonds is 7. The molecule has 4 rings (SSSR count). The molecule has 0 spiro atoms. The lowest BCUT2D eigenvalue weighted by Crippen LogP contribution is -2.24. The van der Waals surface area contributed by atoms with Gasteiger partial charge in [0.15, 0.2) is 9.84 Å². The molecule has 31 heavy (non-hydrogen) atoms. The van der Waals surface area contributed by atoms with Crippen LogP contribution < -0.4 is 0 Å². The van der Waals surface area contributed by atoms with Gasteiger partial charge in [0, 0.05) is 37.2 Å². The molecule has 1 saturated heterocycles. The van der Waals surface area contributed by atoms with Crippen LogP contribution in [0.3, 0.4) is 0 Å². The highest BCUT2D eigenvalue weighted by molar-refractivity contribution is 7.90. The summed E-state index contributed by atoms with van der Waals surface area (Å²) in [6.07, 6.45) is 2.93. The second-order valence-corrected chi connectivity index (χ2v) is 10.3. The fraction of sp³-hybridized carbons (Fsp3) is 0.375. The third-order valence-corrected chi connectivity index (χ3v) is 7.02. The lowest BCUT2D eigenvalue weighted by molar-refractivity contribution is 0.304. The van der Waals surface area contributed by atoms with E-state index in [9.17, 15) is 12.8 Å². The Morgan fingerprint density at radius 1 is 1.06 bits per heavy atom. The van der Waals surface area contributed by atoms with Crippen LogP contribution in [0.1, 0.15) is 17.9 Å². The van der Waals surface area contributed by atoms with Crippen molar-refractivity contribution in [2.45, 2.75) is 24.7 Å². The van der Waals surface area contributed by atoms with E-state index >= 15 is 0 Å². The summed E-state index contributed by atoms with van der Waals surface area (Å²) in [5, 5.41) is 0. The minimum absolute atomic E-state index is 0.176. The molecule has 0 aliphatic carbocycles. The number of hydrogen-bond donors (Lipinski definition) is 0. The molecule has 7 heteroatoms. The predicted octanol–water partition coefficient (Wildman–Crippen LogP) is 4.55. The molecule has 2 heterocycles. The Balaban J connectivity index is 1.44. The number of alkyl halides is 1. The lowest BCUT2D eigenvalue weighted by atomic mass is 10.0. The number of nitrogens with zero attached hydrogens (tertiary/aromatic N) is 2. The molecule has 0 radical (unpaired) electrons. The molecule has 1 aliphatic heterocycles. The zero-order valence-electron chi connectivity index (χ0n) is 17.8. The van der Waals surface area contributed by atoms with Crippen LogP contribution in [0.15, 0.2) is 57.8 Å². The van der Waals surface area contributed by atoms with E-state index in [0.29, 0.717) is 10.8 Å². The van der Waals surface area contributed by atoms with Gasteiger partial charge in [0.2, 0.25) is 5.89 Å². The van der Waals surface area contributed by atoms with Gasteiger partial charge in [-0.05, 0) is 55.3 Å². The first-order valence-electron chi connectivity index (χ1n) is 10.5. The third-order valence-electron chi connectivity index (χ3n) is 5.89. The number of oxazole rings is 1. The maximum atomic E-state index is 12.8. The van der Waals surface area contributed by atoms with Crippen molar-refractivity contribution in [3.8, 4) is 22.6 Å². The molecule has 164 valence electrons. The van der Waals surface area contributed by atoms with Crippen LogP contribution in [-0.4, -0.2) is 50.9 Å². The van der Waals surface area contributed by atoms with E-state index in [1.807, 2.05) is 43.3 Å². The smallest absolute Gasteiger partial charge is 0.226 e. The average molecular weight is 443 g/mol. The molecule has 1 aliphatic rings. The minimum atomic E-state index is -3.20. The van der Waals surface area contributed by atoms with Crippen molar-refractivity contribution in [3.63, 3.8) is 0 Å². The van der Waals surface area contributed by atoms with Gasteiger partial charge in [0.05, 0.1) is 17.3 Å². The average Bonchev–Trinajstić information content (AvgIpc) is 3.38. The van der Waals surface area contributed by atoms with Gasteiger partial charge in [-0.2, -0.15) is 0 Å². The summed E-state index contributed by atoms with van der Waals surface area (Å²) >= 11 is 0. The van der Waals surface area contributed by atoms with Gasteiger partial charge in [0.1, 0.15) is 5.76 Å². The number of sulfone groups is 1. The zero-order valence-corrected chi connectivity index (χ0v) is 18.7. The number of likely N-dealkylation sites (tertiary alicyclic amines) is 1. The van der Waals surface area contributed by atoms with Gasteiger partial charge in [0.25, 0.3) is 0 Å². The first-order chi connectivity index (χ1) is 14.8. The Morgan fingerprint density at radius 2 is 1.68 bits per heavy atom. The largest absolute Gasteiger partial charge is 0.441 e. The Bertz CT molecular complexity index is 1140. The molecular formula is C24H27FN2O3S. The van der Waals surface area contributed by atoms with E-state index in [-0.39, 0.29) is 12.6 Å². The summed E-state index contributed by atoms with van der Waals surface area (Å²) in [5.74, 6) is 1.58. The molecule has 0 unspecified atom stereocenters. The highest BCUT2D eigenvalue weighted by Gasteiger charge is 2.22. The Kier molecular flexibility index (Phi) is 6.25. The van der Waals surface area contributed by atoms with E-state index in [1.165, 1.54) is 6.26 Å². The molecule has 0 N–H and O–H groups in total. The van der Waals surface area contributed by atoms with Crippen molar-refractivity contribution in [1.82, 2.24) is 9.88 Å². The van der Waals surface area contributed by atoms with Gasteiger partial charge in [-0.3, -0.25) is 4.39 Å². The topological polar surface area (TPSA) is 63.4 Å². The second-order valence-electron chi connectivity index (χ2n) is 8.26. The van der Waals surface area contributed by atoms with Gasteiger partial charge in [-0.25, -0.2) is 13.4 Å². The van der Waals surface area contributed by atoms with Crippen molar-refractivity contribution in [1.29, 1.82) is 0 Å². The number of benzene rings is 2. The van der Waals surface area contributed by atoms with Crippen molar-refractivity contribution in [3.05, 3.63) is 60.0 Å². The molecule has 2 aromatic carbocycles. The fourth-order valence-electron chi connectivity index (χ4n) is 3.99. The summed E-state index contributed by atoms with van der Waals surface area (Å²) < 4.78 is 42.0. The monoisotopic (exact) mass is 442 g/mol. The fourth-order valence-corrected chi connectivity index (χ4v) is 4.62. The Morgan fingerprint density at radius 3 is 2.26 bits per heavy atom. The van der Waals surface area contributed by atoms with Crippen LogP contribution in [-0.2, 0) is 16.3 Å². The first-order valence-corrected chi connectivity index (χ1v) is 12.4. The minimum Gasteiger partial charge on any atom is -0.441 e. The Hall–Kier alpha value is -2.51. The summed E-state index contributed by atoms with van der Waals surface area (Å²) in [6, 6.07) is 14.7. The highest BCUT2D eigenvalue weighted by Crippen LogP contribution is 2.27. The van der Waals surface area contributed by atoms with Gasteiger partial charge in [-0.15, -0.1) is 0 Å². The van der Waals surface area contributed by atoms with Crippen molar-refractivity contribution in [2.75, 3.05) is 32.6 Å².